The molecule has 0 nitrogen and oxygen atoms in total. The van der Waals surface area contributed by atoms with Gasteiger partial charge in [-0.05, 0) is 44.9 Å². The van der Waals surface area contributed by atoms with E-state index < -0.39 is 0 Å². The average Bonchev–Trinajstić information content (AvgIpc) is 2.35. The Morgan fingerprint density at radius 3 is 2.55 bits per heavy atom. The van der Waals surface area contributed by atoms with E-state index in [1.807, 2.05) is 0 Å². The van der Waals surface area contributed by atoms with E-state index in [1.54, 1.807) is 11.1 Å². The summed E-state index contributed by atoms with van der Waals surface area (Å²) in [7, 11) is 0. The summed E-state index contributed by atoms with van der Waals surface area (Å²) in [4.78, 5) is 0. The van der Waals surface area contributed by atoms with Crippen LogP contribution in [0.15, 0.2) is 23.3 Å². The van der Waals surface area contributed by atoms with Crippen molar-refractivity contribution in [2.45, 2.75) is 33.1 Å². The van der Waals surface area contributed by atoms with Gasteiger partial charge in [0.2, 0.25) is 0 Å². The monoisotopic (exact) mass is 148 g/mol. The fourth-order valence-corrected chi connectivity index (χ4v) is 2.52. The Labute approximate surface area is 69.0 Å². The van der Waals surface area contributed by atoms with Crippen LogP contribution >= 0.6 is 0 Å². The second-order valence-electron chi connectivity index (χ2n) is 3.92. The fourth-order valence-electron chi connectivity index (χ4n) is 2.52. The van der Waals surface area contributed by atoms with Crippen molar-refractivity contribution >= 4 is 0 Å². The second-order valence-corrected chi connectivity index (χ2v) is 3.92. The quantitative estimate of drug-likeness (QED) is 0.462. The van der Waals surface area contributed by atoms with Crippen molar-refractivity contribution in [2.24, 2.45) is 11.8 Å². The van der Waals surface area contributed by atoms with Crippen LogP contribution in [-0.2, 0) is 0 Å². The summed E-state index contributed by atoms with van der Waals surface area (Å²) >= 11 is 0. The van der Waals surface area contributed by atoms with Crippen molar-refractivity contribution in [1.29, 1.82) is 0 Å². The fraction of sp³-hybridized carbons (Fsp3) is 0.636. The molecule has 2 unspecified atom stereocenters. The molecule has 0 aromatic carbocycles. The van der Waals surface area contributed by atoms with Gasteiger partial charge in [0.1, 0.15) is 0 Å². The number of hydrogen-bond donors (Lipinski definition) is 0. The van der Waals surface area contributed by atoms with Gasteiger partial charge < -0.3 is 0 Å². The highest BCUT2D eigenvalue weighted by Gasteiger charge is 2.29. The molecule has 2 rings (SSSR count). The minimum atomic E-state index is 0.878. The van der Waals surface area contributed by atoms with Crippen molar-refractivity contribution in [1.82, 2.24) is 0 Å². The number of hydrogen-bond acceptors (Lipinski definition) is 0. The van der Waals surface area contributed by atoms with Crippen LogP contribution in [0.25, 0.3) is 0 Å². The molecule has 0 aromatic heterocycles. The van der Waals surface area contributed by atoms with Gasteiger partial charge in [-0.1, -0.05) is 23.3 Å². The van der Waals surface area contributed by atoms with E-state index in [0.717, 1.165) is 11.8 Å². The highest BCUT2D eigenvalue weighted by Crippen LogP contribution is 2.42. The maximum Gasteiger partial charge on any atom is -0.0106 e. The van der Waals surface area contributed by atoms with E-state index in [0.29, 0.717) is 0 Å². The maximum atomic E-state index is 2.43. The van der Waals surface area contributed by atoms with Gasteiger partial charge >= 0.3 is 0 Å². The van der Waals surface area contributed by atoms with E-state index >= 15 is 0 Å². The topological polar surface area (TPSA) is 0 Å². The van der Waals surface area contributed by atoms with E-state index in [1.165, 1.54) is 19.3 Å². The molecule has 2 atom stereocenters. The molecule has 0 aliphatic heterocycles. The van der Waals surface area contributed by atoms with E-state index in [2.05, 4.69) is 26.0 Å². The Balaban J connectivity index is 2.23. The average molecular weight is 148 g/mol. The van der Waals surface area contributed by atoms with E-state index in [9.17, 15) is 0 Å². The maximum absolute atomic E-state index is 2.43. The second kappa shape index (κ2) is 2.51. The molecule has 60 valence electrons. The first-order chi connectivity index (χ1) is 5.29. The predicted molar refractivity (Wildman–Crippen MR) is 48.3 cm³/mol. The summed E-state index contributed by atoms with van der Waals surface area (Å²) in [5.41, 5.74) is 3.27. The third-order valence-electron chi connectivity index (χ3n) is 3.29. The smallest absolute Gasteiger partial charge is 0.0106 e. The zero-order valence-corrected chi connectivity index (χ0v) is 7.43. The highest BCUT2D eigenvalue weighted by molar-refractivity contribution is 5.23. The van der Waals surface area contributed by atoms with Crippen LogP contribution in [0.5, 0.6) is 0 Å². The summed E-state index contributed by atoms with van der Waals surface area (Å²) in [6, 6.07) is 0. The zero-order valence-electron chi connectivity index (χ0n) is 7.43. The van der Waals surface area contributed by atoms with Crippen LogP contribution in [0.1, 0.15) is 33.1 Å². The summed E-state index contributed by atoms with van der Waals surface area (Å²) < 4.78 is 0. The molecule has 2 aliphatic carbocycles. The van der Waals surface area contributed by atoms with Crippen LogP contribution in [0, 0.1) is 11.8 Å². The van der Waals surface area contributed by atoms with Crippen molar-refractivity contribution in [3.63, 3.8) is 0 Å². The van der Waals surface area contributed by atoms with E-state index in [4.69, 9.17) is 0 Å². The van der Waals surface area contributed by atoms with Gasteiger partial charge in [-0.25, -0.2) is 0 Å². The molecular weight excluding hydrogens is 132 g/mol. The molecular formula is C11H16. The lowest BCUT2D eigenvalue weighted by Crippen LogP contribution is -2.15. The standard InChI is InChI=1S/C11H16/c1-8-4-3-5-10-9(2)6-7-11(8)10/h4,6,10-11H,3,5,7H2,1-2H3. The van der Waals surface area contributed by atoms with Crippen LogP contribution in [0.3, 0.4) is 0 Å². The molecule has 0 spiro atoms. The summed E-state index contributed by atoms with van der Waals surface area (Å²) in [5, 5.41) is 0. The lowest BCUT2D eigenvalue weighted by molar-refractivity contribution is 0.419. The van der Waals surface area contributed by atoms with Crippen LogP contribution in [0.4, 0.5) is 0 Å². The molecule has 0 amide bonds. The molecule has 0 saturated heterocycles. The third kappa shape index (κ3) is 1.05. The van der Waals surface area contributed by atoms with Crippen molar-refractivity contribution in [3.8, 4) is 0 Å². The Bertz CT molecular complexity index is 220. The van der Waals surface area contributed by atoms with Crippen molar-refractivity contribution < 1.29 is 0 Å². The minimum absolute atomic E-state index is 0.878. The van der Waals surface area contributed by atoms with Gasteiger partial charge in [0.25, 0.3) is 0 Å². The summed E-state index contributed by atoms with van der Waals surface area (Å²) in [6.45, 7) is 4.59. The highest BCUT2D eigenvalue weighted by atomic mass is 14.3. The first kappa shape index (κ1) is 7.15. The normalized spacial score (nSPS) is 36.2. The third-order valence-corrected chi connectivity index (χ3v) is 3.29. The van der Waals surface area contributed by atoms with E-state index in [-0.39, 0.29) is 0 Å². The Kier molecular flexibility index (Phi) is 1.63. The number of allylic oxidation sites excluding steroid dienone is 4. The Morgan fingerprint density at radius 1 is 1.09 bits per heavy atom. The molecule has 0 heteroatoms. The molecule has 11 heavy (non-hydrogen) atoms. The van der Waals surface area contributed by atoms with Gasteiger partial charge in [-0.3, -0.25) is 0 Å². The summed E-state index contributed by atoms with van der Waals surface area (Å²) in [6.07, 6.45) is 8.85. The molecule has 0 aromatic rings. The molecule has 0 saturated carbocycles. The first-order valence-electron chi connectivity index (χ1n) is 4.62. The van der Waals surface area contributed by atoms with Gasteiger partial charge in [-0.15, -0.1) is 0 Å². The van der Waals surface area contributed by atoms with Gasteiger partial charge in [0, 0.05) is 0 Å². The zero-order chi connectivity index (χ0) is 7.84. The molecule has 0 fully saturated rings. The SMILES string of the molecule is CC1=CCCC2C(C)=CCC12. The molecule has 0 heterocycles. The van der Waals surface area contributed by atoms with Crippen molar-refractivity contribution in [3.05, 3.63) is 23.3 Å². The molecule has 0 N–H and O–H groups in total. The van der Waals surface area contributed by atoms with Crippen LogP contribution < -0.4 is 0 Å². The summed E-state index contributed by atoms with van der Waals surface area (Å²) in [5.74, 6) is 1.78. The predicted octanol–water partition coefficient (Wildman–Crippen LogP) is 3.31. The lowest BCUT2D eigenvalue weighted by atomic mass is 9.79. The largest absolute Gasteiger partial charge is 0.0853 e. The first-order valence-corrected chi connectivity index (χ1v) is 4.62. The molecule has 2 aliphatic rings. The lowest BCUT2D eigenvalue weighted by Gasteiger charge is -2.26. The minimum Gasteiger partial charge on any atom is -0.0853 e. The number of fused-ring (bicyclic) bond motifs is 1. The van der Waals surface area contributed by atoms with Crippen LogP contribution in [-0.4, -0.2) is 0 Å². The number of rotatable bonds is 0. The van der Waals surface area contributed by atoms with Crippen molar-refractivity contribution in [2.75, 3.05) is 0 Å². The van der Waals surface area contributed by atoms with Gasteiger partial charge in [0.15, 0.2) is 0 Å². The van der Waals surface area contributed by atoms with Crippen LogP contribution in [0.2, 0.25) is 0 Å². The Hall–Kier alpha value is -0.520. The Morgan fingerprint density at radius 2 is 1.82 bits per heavy atom. The van der Waals surface area contributed by atoms with Gasteiger partial charge in [-0.2, -0.15) is 0 Å². The molecule has 0 bridgehead atoms. The van der Waals surface area contributed by atoms with Gasteiger partial charge in [0.05, 0.1) is 0 Å². The molecule has 0 radical (unpaired) electrons.